The highest BCUT2D eigenvalue weighted by atomic mass is 35.5. The zero-order valence-corrected chi connectivity index (χ0v) is 23.3. The predicted octanol–water partition coefficient (Wildman–Crippen LogP) is 5.23. The third-order valence-electron chi connectivity index (χ3n) is 9.90. The van der Waals surface area contributed by atoms with Crippen LogP contribution in [0, 0.1) is 35.4 Å². The summed E-state index contributed by atoms with van der Waals surface area (Å²) in [7, 11) is 0. The van der Waals surface area contributed by atoms with E-state index in [-0.39, 0.29) is 46.7 Å². The van der Waals surface area contributed by atoms with Crippen LogP contribution in [0.4, 0.5) is 4.39 Å². The quantitative estimate of drug-likeness (QED) is 0.389. The van der Waals surface area contributed by atoms with Gasteiger partial charge in [0.1, 0.15) is 11.6 Å². The highest BCUT2D eigenvalue weighted by Gasteiger charge is 2.49. The summed E-state index contributed by atoms with van der Waals surface area (Å²) in [6.07, 6.45) is 12.7. The van der Waals surface area contributed by atoms with Crippen LogP contribution in [0.15, 0.2) is 18.2 Å². The lowest BCUT2D eigenvalue weighted by molar-refractivity contribution is -0.136. The lowest BCUT2D eigenvalue weighted by Gasteiger charge is -2.51. The van der Waals surface area contributed by atoms with Gasteiger partial charge in [-0.2, -0.15) is 0 Å². The average Bonchev–Trinajstić information content (AvgIpc) is 3.18. The molecule has 2 bridgehead atoms. The van der Waals surface area contributed by atoms with E-state index in [2.05, 4.69) is 22.9 Å². The van der Waals surface area contributed by atoms with Crippen molar-refractivity contribution in [1.82, 2.24) is 16.0 Å². The molecule has 0 spiro atoms. The summed E-state index contributed by atoms with van der Waals surface area (Å²) >= 11 is 5.71. The highest BCUT2D eigenvalue weighted by Crippen LogP contribution is 2.49. The molecule has 38 heavy (non-hydrogen) atoms. The van der Waals surface area contributed by atoms with E-state index >= 15 is 0 Å². The van der Waals surface area contributed by atoms with Gasteiger partial charge in [0.2, 0.25) is 5.91 Å². The van der Waals surface area contributed by atoms with Crippen molar-refractivity contribution in [2.24, 2.45) is 29.6 Å². The maximum Gasteiger partial charge on any atom is 0.258 e. The molecule has 8 heteroatoms. The van der Waals surface area contributed by atoms with Gasteiger partial charge in [0.25, 0.3) is 5.91 Å². The Hall–Kier alpha value is -1.86. The molecule has 1 saturated heterocycles. The predicted molar refractivity (Wildman–Crippen MR) is 146 cm³/mol. The van der Waals surface area contributed by atoms with Gasteiger partial charge in [-0.25, -0.2) is 4.39 Å². The van der Waals surface area contributed by atoms with E-state index in [1.165, 1.54) is 57.1 Å². The Balaban J connectivity index is 1.14. The number of hydrogen-bond donors (Lipinski definition) is 3. The number of fused-ring (bicyclic) bond motifs is 2. The molecule has 6 rings (SSSR count). The molecule has 4 atom stereocenters. The number of benzene rings is 1. The van der Waals surface area contributed by atoms with Crippen LogP contribution in [0.1, 0.15) is 77.6 Å². The fourth-order valence-electron chi connectivity index (χ4n) is 7.41. The van der Waals surface area contributed by atoms with Crippen LogP contribution < -0.4 is 20.7 Å². The Bertz CT molecular complexity index is 985. The number of nitrogens with one attached hydrogen (secondary N) is 3. The van der Waals surface area contributed by atoms with Crippen LogP contribution in [0.5, 0.6) is 5.75 Å². The number of carbonyl (C=O) groups excluding carboxylic acids is 2. The smallest absolute Gasteiger partial charge is 0.258 e. The lowest BCUT2D eigenvalue weighted by Crippen LogP contribution is -2.63. The summed E-state index contributed by atoms with van der Waals surface area (Å²) in [5.41, 5.74) is 0.00935. The molecule has 1 heterocycles. The normalized spacial score (nSPS) is 33.5. The minimum Gasteiger partial charge on any atom is -0.484 e. The zero-order valence-electron chi connectivity index (χ0n) is 22.6. The second-order valence-electron chi connectivity index (χ2n) is 12.5. The molecule has 2 amide bonds. The number of piperidine rings is 1. The summed E-state index contributed by atoms with van der Waals surface area (Å²) in [4.78, 5) is 26.1. The number of carbonyl (C=O) groups is 2. The molecule has 1 aliphatic heterocycles. The van der Waals surface area contributed by atoms with Crippen molar-refractivity contribution in [2.45, 2.75) is 89.1 Å². The Kier molecular flexibility index (Phi) is 8.83. The first kappa shape index (κ1) is 27.7. The van der Waals surface area contributed by atoms with Gasteiger partial charge < -0.3 is 20.7 Å². The number of rotatable bonds is 8. The summed E-state index contributed by atoms with van der Waals surface area (Å²) in [5, 5.41) is 10.4. The molecule has 5 aliphatic rings. The topological polar surface area (TPSA) is 79.5 Å². The first-order valence-corrected chi connectivity index (χ1v) is 15.1. The summed E-state index contributed by atoms with van der Waals surface area (Å²) in [6.45, 7) is 3.85. The highest BCUT2D eigenvalue weighted by molar-refractivity contribution is 6.30. The molecular weight excluding hydrogens is 505 g/mol. The SMILES string of the molecule is CC1CCC(CNC(=O)C2C[C@H](NC(=O)COc3ccc(Cl)c(F)c3)C3CC2C3)(C2CCCCCC2)NC1. The van der Waals surface area contributed by atoms with Gasteiger partial charge in [-0.3, -0.25) is 9.59 Å². The third-order valence-corrected chi connectivity index (χ3v) is 10.2. The minimum absolute atomic E-state index is 0.00935. The van der Waals surface area contributed by atoms with E-state index in [0.29, 0.717) is 36.6 Å². The van der Waals surface area contributed by atoms with Crippen LogP contribution in [0.25, 0.3) is 0 Å². The lowest BCUT2D eigenvalue weighted by atomic mass is 9.57. The third kappa shape index (κ3) is 6.30. The van der Waals surface area contributed by atoms with Gasteiger partial charge in [0.05, 0.1) is 5.02 Å². The largest absolute Gasteiger partial charge is 0.484 e. The van der Waals surface area contributed by atoms with E-state index in [1.807, 2.05) is 0 Å². The van der Waals surface area contributed by atoms with Crippen LogP contribution >= 0.6 is 11.6 Å². The molecule has 3 unspecified atom stereocenters. The summed E-state index contributed by atoms with van der Waals surface area (Å²) < 4.78 is 19.1. The first-order valence-electron chi connectivity index (χ1n) is 14.7. The summed E-state index contributed by atoms with van der Waals surface area (Å²) in [5.74, 6) is 1.65. The van der Waals surface area contributed by atoms with E-state index in [1.54, 1.807) is 6.07 Å². The molecule has 3 N–H and O–H groups in total. The number of ether oxygens (including phenoxy) is 1. The molecular formula is C30H43ClFN3O3. The number of halogens is 2. The molecule has 6 nitrogen and oxygen atoms in total. The van der Waals surface area contributed by atoms with Crippen molar-refractivity contribution in [3.8, 4) is 5.75 Å². The van der Waals surface area contributed by atoms with Gasteiger partial charge in [-0.05, 0) is 87.3 Å². The van der Waals surface area contributed by atoms with Crippen LogP contribution in [-0.4, -0.2) is 43.1 Å². The second-order valence-corrected chi connectivity index (χ2v) is 12.9. The van der Waals surface area contributed by atoms with E-state index < -0.39 is 5.82 Å². The molecule has 4 saturated carbocycles. The standard InChI is InChI=1S/C30H43ClFN3O3/c1-19-10-11-30(34-16-19,22-6-4-2-3-5-7-22)18-33-29(37)24-15-27(21-12-20(24)13-21)35-28(36)17-38-23-8-9-25(31)26(32)14-23/h8-9,14,19-22,24,27,34H,2-7,10-13,15-18H2,1H3,(H,33,37)(H,35,36)/t19?,20?,21?,24?,27-,30?/m0/s1. The molecule has 210 valence electrons. The van der Waals surface area contributed by atoms with E-state index in [0.717, 1.165) is 25.8 Å². The van der Waals surface area contributed by atoms with Crippen molar-refractivity contribution in [3.05, 3.63) is 29.0 Å². The molecule has 0 aromatic heterocycles. The molecule has 1 aromatic carbocycles. The Morgan fingerprint density at radius 3 is 2.55 bits per heavy atom. The van der Waals surface area contributed by atoms with Crippen LogP contribution in [0.3, 0.4) is 0 Å². The first-order chi connectivity index (χ1) is 18.3. The Labute approximate surface area is 231 Å². The Morgan fingerprint density at radius 2 is 1.87 bits per heavy atom. The summed E-state index contributed by atoms with van der Waals surface area (Å²) in [6, 6.07) is 4.10. The van der Waals surface area contributed by atoms with Crippen molar-refractivity contribution in [1.29, 1.82) is 0 Å². The van der Waals surface area contributed by atoms with Crippen molar-refractivity contribution < 1.29 is 18.7 Å². The van der Waals surface area contributed by atoms with Crippen molar-refractivity contribution in [2.75, 3.05) is 19.7 Å². The van der Waals surface area contributed by atoms with Gasteiger partial charge in [-0.15, -0.1) is 0 Å². The van der Waals surface area contributed by atoms with Gasteiger partial charge in [0, 0.05) is 30.1 Å². The monoisotopic (exact) mass is 547 g/mol. The van der Waals surface area contributed by atoms with Crippen molar-refractivity contribution >= 4 is 23.4 Å². The number of hydrogen-bond acceptors (Lipinski definition) is 4. The number of amides is 2. The fourth-order valence-corrected chi connectivity index (χ4v) is 7.53. The maximum absolute atomic E-state index is 13.6. The fraction of sp³-hybridized carbons (Fsp3) is 0.733. The second kappa shape index (κ2) is 12.1. The molecule has 4 aliphatic carbocycles. The average molecular weight is 548 g/mol. The van der Waals surface area contributed by atoms with Crippen LogP contribution in [-0.2, 0) is 9.59 Å². The maximum atomic E-state index is 13.6. The van der Waals surface area contributed by atoms with Crippen molar-refractivity contribution in [3.63, 3.8) is 0 Å². The Morgan fingerprint density at radius 1 is 1.11 bits per heavy atom. The van der Waals surface area contributed by atoms with E-state index in [9.17, 15) is 14.0 Å². The minimum atomic E-state index is -0.579. The zero-order chi connectivity index (χ0) is 26.7. The van der Waals surface area contributed by atoms with Gasteiger partial charge in [0.15, 0.2) is 6.61 Å². The molecule has 1 aromatic rings. The van der Waals surface area contributed by atoms with Gasteiger partial charge in [-0.1, -0.05) is 44.2 Å². The van der Waals surface area contributed by atoms with Gasteiger partial charge >= 0.3 is 0 Å². The van der Waals surface area contributed by atoms with Crippen LogP contribution in [0.2, 0.25) is 5.02 Å². The van der Waals surface area contributed by atoms with E-state index in [4.69, 9.17) is 16.3 Å². The molecule has 5 fully saturated rings. The molecule has 0 radical (unpaired) electrons.